The minimum absolute atomic E-state index is 0.642. The first-order chi connectivity index (χ1) is 56.3. The number of hydrogen-bond acceptors (Lipinski definition) is 2. The van der Waals surface area contributed by atoms with Crippen LogP contribution in [0.4, 0.5) is 0 Å². The van der Waals surface area contributed by atoms with Crippen LogP contribution in [-0.4, -0.2) is 27.4 Å². The smallest absolute Gasteiger partial charge is 0.101 e. The average molecular weight is 1470 g/mol. The molecule has 0 aliphatic heterocycles. The molecular formula is C106H67N7S. The van der Waals surface area contributed by atoms with Crippen molar-refractivity contribution in [3.63, 3.8) is 0 Å². The normalized spacial score (nSPS) is 12.2. The van der Waals surface area contributed by atoms with Gasteiger partial charge in [0, 0.05) is 136 Å². The summed E-state index contributed by atoms with van der Waals surface area (Å²) in [5.74, 6) is 0. The number of aryl methyl sites for hydroxylation is 3. The van der Waals surface area contributed by atoms with Crippen LogP contribution in [0.1, 0.15) is 22.3 Å². The van der Waals surface area contributed by atoms with Gasteiger partial charge in [0.05, 0.1) is 71.8 Å². The minimum Gasteiger partial charge on any atom is -0.309 e. The highest BCUT2D eigenvalue weighted by Gasteiger charge is 2.31. The van der Waals surface area contributed by atoms with Crippen molar-refractivity contribution in [3.05, 3.63) is 374 Å². The van der Waals surface area contributed by atoms with Crippen molar-refractivity contribution in [2.75, 3.05) is 0 Å². The lowest BCUT2D eigenvalue weighted by Gasteiger charge is -2.23. The van der Waals surface area contributed by atoms with Crippen LogP contribution in [0.3, 0.4) is 0 Å². The molecule has 114 heavy (non-hydrogen) atoms. The molecule has 0 radical (unpaired) electrons. The summed E-state index contributed by atoms with van der Waals surface area (Å²) in [5, 5.41) is 29.4. The Kier molecular flexibility index (Phi) is 13.7. The second-order valence-electron chi connectivity index (χ2n) is 30.7. The molecule has 0 unspecified atom stereocenters. The Balaban J connectivity index is 0.742. The van der Waals surface area contributed by atoms with Crippen molar-refractivity contribution in [3.8, 4) is 73.6 Å². The van der Waals surface area contributed by atoms with E-state index in [-0.39, 0.29) is 0 Å². The summed E-state index contributed by atoms with van der Waals surface area (Å²) in [7, 11) is 0. The van der Waals surface area contributed by atoms with E-state index in [0.29, 0.717) is 5.56 Å². The summed E-state index contributed by atoms with van der Waals surface area (Å²) in [6.45, 7) is 6.78. The third-order valence-electron chi connectivity index (χ3n) is 24.6. The van der Waals surface area contributed by atoms with Crippen LogP contribution in [-0.2, 0) is 0 Å². The first-order valence-corrected chi connectivity index (χ1v) is 39.9. The Labute approximate surface area is 658 Å². The zero-order chi connectivity index (χ0) is 75.3. The highest BCUT2D eigenvalue weighted by atomic mass is 32.1. The lowest BCUT2D eigenvalue weighted by Crippen LogP contribution is -2.02. The van der Waals surface area contributed by atoms with E-state index in [1.807, 2.05) is 0 Å². The molecule has 7 aromatic heterocycles. The minimum atomic E-state index is 0.642. The fourth-order valence-electron chi connectivity index (χ4n) is 19.8. The molecule has 0 saturated heterocycles. The van der Waals surface area contributed by atoms with Crippen LogP contribution in [0.15, 0.2) is 352 Å². The van der Waals surface area contributed by atoms with Gasteiger partial charge in [0.1, 0.15) is 6.07 Å². The van der Waals surface area contributed by atoms with Crippen molar-refractivity contribution in [1.29, 1.82) is 5.26 Å². The van der Waals surface area contributed by atoms with Crippen LogP contribution >= 0.6 is 11.3 Å². The van der Waals surface area contributed by atoms with E-state index in [1.165, 1.54) is 97.7 Å². The molecule has 0 amide bonds. The van der Waals surface area contributed by atoms with Gasteiger partial charge in [-0.1, -0.05) is 200 Å². The van der Waals surface area contributed by atoms with Gasteiger partial charge < -0.3 is 27.4 Å². The second-order valence-corrected chi connectivity index (χ2v) is 31.7. The molecule has 0 aliphatic carbocycles. The predicted octanol–water partition coefficient (Wildman–Crippen LogP) is 28.4. The maximum atomic E-state index is 12.8. The van der Waals surface area contributed by atoms with E-state index in [1.54, 1.807) is 11.3 Å². The maximum absolute atomic E-state index is 12.8. The van der Waals surface area contributed by atoms with Crippen molar-refractivity contribution in [1.82, 2.24) is 27.4 Å². The van der Waals surface area contributed by atoms with Crippen LogP contribution in [0.25, 0.3) is 219 Å². The second kappa shape index (κ2) is 24.4. The zero-order valence-corrected chi connectivity index (χ0v) is 63.3. The Bertz CT molecular complexity index is 8330. The molecule has 0 fully saturated rings. The molecular weight excluding hydrogens is 1400 g/mol. The molecule has 532 valence electrons. The van der Waals surface area contributed by atoms with Gasteiger partial charge in [-0.3, -0.25) is 0 Å². The number of nitriles is 1. The molecule has 0 N–H and O–H groups in total. The topological polar surface area (TPSA) is 53.4 Å². The van der Waals surface area contributed by atoms with Gasteiger partial charge in [0.25, 0.3) is 0 Å². The van der Waals surface area contributed by atoms with E-state index in [9.17, 15) is 5.26 Å². The molecule has 0 aliphatic rings. The first kappa shape index (κ1) is 64.1. The molecule has 0 saturated carbocycles. The largest absolute Gasteiger partial charge is 0.309 e. The van der Waals surface area contributed by atoms with Crippen LogP contribution in [0.5, 0.6) is 0 Å². The number of thiophene rings is 1. The summed E-state index contributed by atoms with van der Waals surface area (Å²) in [5.41, 5.74) is 30.2. The standard InChI is InChI=1S/C106H67N7S/c1-63-53-69(111-92-43-23-16-36-78(92)85-56-95-82(59-98(85)111)75-33-13-20-40-89(75)108(95)66-27-7-4-8-28-66)47-50-72(63)102-88(62-107)103(73-51-48-70(54-64(73)2)112-93-44-24-17-37-79(93)86-57-96-83(60-99(86)112)76-34-14-21-41-90(76)109(96)67-29-9-5-10-30-67)106-105(81-39-19-26-46-101(81)114-106)104(102)74-52-49-71(55-65(74)3)113-94-45-25-18-38-80(94)87-58-97-84(61-100(87)113)77-35-15-22-42-91(77)110(97)68-31-11-6-12-32-68/h4-61H,1-3H3. The summed E-state index contributed by atoms with van der Waals surface area (Å²) in [4.78, 5) is 0. The predicted molar refractivity (Wildman–Crippen MR) is 481 cm³/mol. The summed E-state index contributed by atoms with van der Waals surface area (Å²) < 4.78 is 16.9. The van der Waals surface area contributed by atoms with Crippen molar-refractivity contribution in [2.45, 2.75) is 20.8 Å². The highest BCUT2D eigenvalue weighted by Crippen LogP contribution is 2.55. The van der Waals surface area contributed by atoms with Crippen LogP contribution in [0, 0.1) is 32.1 Å². The fourth-order valence-corrected chi connectivity index (χ4v) is 21.0. The van der Waals surface area contributed by atoms with Crippen molar-refractivity contribution < 1.29 is 0 Å². The first-order valence-electron chi connectivity index (χ1n) is 39.1. The van der Waals surface area contributed by atoms with Gasteiger partial charge in [-0.25, -0.2) is 0 Å². The number of para-hydroxylation sites is 9. The molecule has 24 rings (SSSR count). The van der Waals surface area contributed by atoms with E-state index in [2.05, 4.69) is 406 Å². The summed E-state index contributed by atoms with van der Waals surface area (Å²) >= 11 is 1.79. The quantitative estimate of drug-likeness (QED) is 0.142. The Morgan fingerprint density at radius 3 is 0.772 bits per heavy atom. The van der Waals surface area contributed by atoms with Crippen molar-refractivity contribution >= 4 is 162 Å². The molecule has 0 bridgehead atoms. The number of rotatable bonds is 9. The zero-order valence-electron chi connectivity index (χ0n) is 62.5. The molecule has 24 aromatic rings. The number of benzene rings is 17. The molecule has 7 heterocycles. The molecule has 17 aromatic carbocycles. The van der Waals surface area contributed by atoms with Gasteiger partial charge in [-0.15, -0.1) is 11.3 Å². The molecule has 0 spiro atoms. The van der Waals surface area contributed by atoms with Crippen LogP contribution in [0.2, 0.25) is 0 Å². The molecule has 8 heteroatoms. The van der Waals surface area contributed by atoms with Crippen LogP contribution < -0.4 is 0 Å². The van der Waals surface area contributed by atoms with E-state index >= 15 is 0 Å². The van der Waals surface area contributed by atoms with Gasteiger partial charge in [0.2, 0.25) is 0 Å². The monoisotopic (exact) mass is 1470 g/mol. The van der Waals surface area contributed by atoms with E-state index in [4.69, 9.17) is 0 Å². The third-order valence-corrected chi connectivity index (χ3v) is 25.8. The molecule has 7 nitrogen and oxygen atoms in total. The van der Waals surface area contributed by atoms with Gasteiger partial charge in [0.15, 0.2) is 0 Å². The SMILES string of the molecule is Cc1cc(-n2c3ccccc3c3cc4c(cc32)c2ccccc2n4-c2ccccc2)ccc1-c1c(C#N)c(-c2ccc(-n3c4ccccc4c4cc5c(cc43)c3ccccc3n5-c3ccccc3)cc2C)c2sc3ccccc3c2c1-c1ccc(-n2c3ccccc3c3cc4c(cc32)c2ccccc2n4-c2ccccc2)cc1C. The van der Waals surface area contributed by atoms with Gasteiger partial charge in [-0.2, -0.15) is 5.26 Å². The van der Waals surface area contributed by atoms with Crippen molar-refractivity contribution in [2.24, 2.45) is 0 Å². The Morgan fingerprint density at radius 2 is 0.474 bits per heavy atom. The lowest BCUT2D eigenvalue weighted by atomic mass is 9.80. The molecule has 0 atom stereocenters. The maximum Gasteiger partial charge on any atom is 0.101 e. The fraction of sp³-hybridized carbons (Fsp3) is 0.0283. The van der Waals surface area contributed by atoms with Gasteiger partial charge in [-0.05, 0) is 206 Å². The van der Waals surface area contributed by atoms with E-state index in [0.717, 1.165) is 137 Å². The summed E-state index contributed by atoms with van der Waals surface area (Å²) in [6.07, 6.45) is 0. The number of hydrogen-bond donors (Lipinski definition) is 0. The Morgan fingerprint density at radius 1 is 0.219 bits per heavy atom. The summed E-state index contributed by atoms with van der Waals surface area (Å²) in [6, 6.07) is 133. The third kappa shape index (κ3) is 9.07. The number of aromatic nitrogens is 6. The average Bonchev–Trinajstić information content (AvgIpc) is 1.53. The Hall–Kier alpha value is -14.8. The van der Waals surface area contributed by atoms with Gasteiger partial charge >= 0.3 is 0 Å². The highest BCUT2D eigenvalue weighted by molar-refractivity contribution is 7.26. The van der Waals surface area contributed by atoms with E-state index < -0.39 is 0 Å². The lowest BCUT2D eigenvalue weighted by molar-refractivity contribution is 1.17. The number of nitrogens with zero attached hydrogens (tertiary/aromatic N) is 7. The number of fused-ring (bicyclic) bond motifs is 21.